The van der Waals surface area contributed by atoms with Gasteiger partial charge in [-0.05, 0) is 30.4 Å². The third-order valence-corrected chi connectivity index (χ3v) is 6.10. The molecule has 1 aliphatic rings. The number of carbonyl (C=O) groups is 1. The minimum Gasteiger partial charge on any atom is -0.300 e. The van der Waals surface area contributed by atoms with Crippen LogP contribution in [0.25, 0.3) is 0 Å². The van der Waals surface area contributed by atoms with Crippen LogP contribution in [0.2, 0.25) is 0 Å². The van der Waals surface area contributed by atoms with E-state index in [9.17, 15) is 4.79 Å². The van der Waals surface area contributed by atoms with E-state index in [2.05, 4.69) is 24.3 Å². The lowest BCUT2D eigenvalue weighted by Gasteiger charge is -2.29. The van der Waals surface area contributed by atoms with E-state index in [1.165, 1.54) is 23.5 Å². The first-order valence-electron chi connectivity index (χ1n) is 6.05. The summed E-state index contributed by atoms with van der Waals surface area (Å²) in [7, 11) is 0. The van der Waals surface area contributed by atoms with Crippen LogP contribution in [0.1, 0.15) is 31.2 Å². The zero-order valence-corrected chi connectivity index (χ0v) is 11.7. The zero-order valence-electron chi connectivity index (χ0n) is 10.1. The van der Waals surface area contributed by atoms with Crippen molar-refractivity contribution in [1.29, 1.82) is 0 Å². The average Bonchev–Trinajstić information content (AvgIpc) is 2.38. The molecule has 0 N–H and O–H groups in total. The van der Waals surface area contributed by atoms with Crippen molar-refractivity contribution in [3.05, 3.63) is 35.9 Å². The van der Waals surface area contributed by atoms with Gasteiger partial charge in [0.2, 0.25) is 0 Å². The molecule has 0 saturated carbocycles. The predicted octanol–water partition coefficient (Wildman–Crippen LogP) is 3.95. The third-order valence-electron chi connectivity index (χ3n) is 2.92. The number of hydrogen-bond acceptors (Lipinski definition) is 3. The molecule has 1 fully saturated rings. The quantitative estimate of drug-likeness (QED) is 0.821. The molecular formula is C14H18OS2. The van der Waals surface area contributed by atoms with Gasteiger partial charge in [0.1, 0.15) is 5.78 Å². The van der Waals surface area contributed by atoms with Crippen LogP contribution in [-0.2, 0) is 4.79 Å². The van der Waals surface area contributed by atoms with Gasteiger partial charge in [0, 0.05) is 12.3 Å². The van der Waals surface area contributed by atoms with E-state index >= 15 is 0 Å². The van der Waals surface area contributed by atoms with Crippen molar-refractivity contribution in [3.8, 4) is 0 Å². The number of carbonyl (C=O) groups excluding carboxylic acids is 1. The Bertz CT molecular complexity index is 358. The molecular weight excluding hydrogens is 248 g/mol. The Morgan fingerprint density at radius 1 is 1.29 bits per heavy atom. The monoisotopic (exact) mass is 266 g/mol. The minimum absolute atomic E-state index is 0.297. The molecule has 1 aliphatic heterocycles. The van der Waals surface area contributed by atoms with E-state index in [-0.39, 0.29) is 0 Å². The number of Topliss-reactive ketones (excluding diaryl/α,β-unsaturated/α-hetero) is 1. The molecule has 0 radical (unpaired) electrons. The molecule has 1 unspecified atom stereocenters. The van der Waals surface area contributed by atoms with Crippen LogP contribution in [0.3, 0.4) is 0 Å². The lowest BCUT2D eigenvalue weighted by atomic mass is 9.96. The summed E-state index contributed by atoms with van der Waals surface area (Å²) in [5.41, 5.74) is 1.31. The second kappa shape index (κ2) is 6.50. The van der Waals surface area contributed by atoms with Crippen molar-refractivity contribution in [3.63, 3.8) is 0 Å². The molecule has 0 spiro atoms. The Kier molecular flexibility index (Phi) is 4.99. The average molecular weight is 266 g/mol. The summed E-state index contributed by atoms with van der Waals surface area (Å²) in [6.07, 6.45) is 1.97. The number of ketones is 1. The number of rotatable bonds is 4. The van der Waals surface area contributed by atoms with Gasteiger partial charge in [-0.25, -0.2) is 0 Å². The molecule has 1 aromatic rings. The Morgan fingerprint density at radius 3 is 2.53 bits per heavy atom. The first-order chi connectivity index (χ1) is 8.27. The highest BCUT2D eigenvalue weighted by atomic mass is 32.2. The van der Waals surface area contributed by atoms with Crippen molar-refractivity contribution in [2.45, 2.75) is 30.3 Å². The molecule has 92 valence electrons. The Hall–Kier alpha value is -0.410. The Labute approximate surface area is 112 Å². The first-order valence-corrected chi connectivity index (χ1v) is 8.14. The summed E-state index contributed by atoms with van der Waals surface area (Å²) in [5.74, 6) is 3.15. The van der Waals surface area contributed by atoms with Crippen LogP contribution >= 0.6 is 23.5 Å². The summed E-state index contributed by atoms with van der Waals surface area (Å²) in [4.78, 5) is 11.5. The molecule has 1 heterocycles. The predicted molar refractivity (Wildman–Crippen MR) is 77.8 cm³/mol. The van der Waals surface area contributed by atoms with E-state index in [4.69, 9.17) is 0 Å². The summed E-state index contributed by atoms with van der Waals surface area (Å²) < 4.78 is 0.551. The van der Waals surface area contributed by atoms with Gasteiger partial charge in [-0.2, -0.15) is 0 Å². The number of benzene rings is 1. The van der Waals surface area contributed by atoms with Gasteiger partial charge in [0.15, 0.2) is 0 Å². The molecule has 1 saturated heterocycles. The molecule has 3 heteroatoms. The van der Waals surface area contributed by atoms with Gasteiger partial charge in [-0.3, -0.25) is 0 Å². The molecule has 1 aromatic carbocycles. The standard InChI is InChI=1S/C14H18OS2/c1-11(15)10-13(12-6-3-2-4-7-12)14-16-8-5-9-17-14/h2-4,6-7,13-14H,5,8-10H2,1H3. The van der Waals surface area contributed by atoms with Crippen LogP contribution in [0, 0.1) is 0 Å². The summed E-state index contributed by atoms with van der Waals surface area (Å²) >= 11 is 4.04. The first kappa shape index (κ1) is 13.0. The molecule has 17 heavy (non-hydrogen) atoms. The van der Waals surface area contributed by atoms with Crippen LogP contribution < -0.4 is 0 Å². The molecule has 2 rings (SSSR count). The van der Waals surface area contributed by atoms with Crippen molar-refractivity contribution in [2.75, 3.05) is 11.5 Å². The van der Waals surface area contributed by atoms with Crippen LogP contribution in [0.4, 0.5) is 0 Å². The normalized spacial score (nSPS) is 18.9. The maximum absolute atomic E-state index is 11.5. The van der Waals surface area contributed by atoms with Gasteiger partial charge in [-0.15, -0.1) is 23.5 Å². The fourth-order valence-electron chi connectivity index (χ4n) is 2.12. The van der Waals surface area contributed by atoms with Gasteiger partial charge in [0.05, 0.1) is 4.58 Å². The van der Waals surface area contributed by atoms with Crippen LogP contribution in [0.5, 0.6) is 0 Å². The maximum Gasteiger partial charge on any atom is 0.130 e. The third kappa shape index (κ3) is 3.78. The second-order valence-corrected chi connectivity index (χ2v) is 7.18. The zero-order chi connectivity index (χ0) is 12.1. The molecule has 1 nitrogen and oxygen atoms in total. The van der Waals surface area contributed by atoms with E-state index < -0.39 is 0 Å². The van der Waals surface area contributed by atoms with Gasteiger partial charge >= 0.3 is 0 Å². The van der Waals surface area contributed by atoms with E-state index in [1.54, 1.807) is 6.92 Å². The second-order valence-electron chi connectivity index (χ2n) is 4.39. The van der Waals surface area contributed by atoms with Crippen LogP contribution in [-0.4, -0.2) is 21.9 Å². The minimum atomic E-state index is 0.297. The van der Waals surface area contributed by atoms with E-state index in [0.29, 0.717) is 22.7 Å². The summed E-state index contributed by atoms with van der Waals surface area (Å²) in [5, 5.41) is 0. The van der Waals surface area contributed by atoms with Gasteiger partial charge in [-0.1, -0.05) is 30.3 Å². The fourth-order valence-corrected chi connectivity index (χ4v) is 5.32. The van der Waals surface area contributed by atoms with Crippen molar-refractivity contribution < 1.29 is 4.79 Å². The fraction of sp³-hybridized carbons (Fsp3) is 0.500. The number of hydrogen-bond donors (Lipinski definition) is 0. The van der Waals surface area contributed by atoms with Gasteiger partial charge < -0.3 is 4.79 Å². The van der Waals surface area contributed by atoms with E-state index in [1.807, 2.05) is 29.6 Å². The van der Waals surface area contributed by atoms with Crippen molar-refractivity contribution in [2.24, 2.45) is 0 Å². The van der Waals surface area contributed by atoms with Gasteiger partial charge in [0.25, 0.3) is 0 Å². The lowest BCUT2D eigenvalue weighted by molar-refractivity contribution is -0.117. The molecule has 0 aromatic heterocycles. The molecule has 0 amide bonds. The Balaban J connectivity index is 2.15. The number of thioether (sulfide) groups is 2. The molecule has 1 atom stereocenters. The smallest absolute Gasteiger partial charge is 0.130 e. The highest BCUT2D eigenvalue weighted by Crippen LogP contribution is 2.42. The largest absolute Gasteiger partial charge is 0.300 e. The maximum atomic E-state index is 11.5. The SMILES string of the molecule is CC(=O)CC(c1ccccc1)C1SCCCS1. The highest BCUT2D eigenvalue weighted by Gasteiger charge is 2.27. The van der Waals surface area contributed by atoms with E-state index in [0.717, 1.165) is 0 Å². The van der Waals surface area contributed by atoms with Crippen molar-refractivity contribution in [1.82, 2.24) is 0 Å². The highest BCUT2D eigenvalue weighted by molar-refractivity contribution is 8.17. The topological polar surface area (TPSA) is 17.1 Å². The summed E-state index contributed by atoms with van der Waals surface area (Å²) in [6, 6.07) is 10.5. The Morgan fingerprint density at radius 2 is 1.94 bits per heavy atom. The van der Waals surface area contributed by atoms with Crippen LogP contribution in [0.15, 0.2) is 30.3 Å². The lowest BCUT2D eigenvalue weighted by Crippen LogP contribution is -2.19. The molecule has 0 aliphatic carbocycles. The van der Waals surface area contributed by atoms with Crippen molar-refractivity contribution >= 4 is 29.3 Å². The molecule has 0 bridgehead atoms. The summed E-state index contributed by atoms with van der Waals surface area (Å²) in [6.45, 7) is 1.70.